The molecule has 0 aliphatic carbocycles. The minimum absolute atomic E-state index is 0.0465. The third-order valence-electron chi connectivity index (χ3n) is 3.92. The highest BCUT2D eigenvalue weighted by molar-refractivity contribution is 7.89. The standard InChI is InChI=1S/C15H23ClN2O2S/c1-4-17-9-13-5-6-14(8-15(13)16)21(19,20)18-10-11(2)7-12(18)3/h5-6,8,11-12,17H,4,7,9-10H2,1-3H3. The van der Waals surface area contributed by atoms with Crippen molar-refractivity contribution >= 4 is 21.6 Å². The van der Waals surface area contributed by atoms with Crippen molar-refractivity contribution in [2.45, 2.75) is 44.7 Å². The molecule has 1 fully saturated rings. The Labute approximate surface area is 132 Å². The molecule has 4 nitrogen and oxygen atoms in total. The van der Waals surface area contributed by atoms with Crippen LogP contribution in [0, 0.1) is 5.92 Å². The van der Waals surface area contributed by atoms with E-state index in [1.54, 1.807) is 22.5 Å². The Kier molecular flexibility index (Phi) is 5.30. The van der Waals surface area contributed by atoms with Gasteiger partial charge in [-0.3, -0.25) is 0 Å². The summed E-state index contributed by atoms with van der Waals surface area (Å²) >= 11 is 6.22. The molecule has 1 aliphatic rings. The first kappa shape index (κ1) is 16.7. The Bertz CT molecular complexity index is 604. The first-order valence-electron chi connectivity index (χ1n) is 7.37. The Balaban J connectivity index is 2.27. The molecular formula is C15H23ClN2O2S. The van der Waals surface area contributed by atoms with Crippen LogP contribution >= 0.6 is 11.6 Å². The lowest BCUT2D eigenvalue weighted by Gasteiger charge is -2.21. The van der Waals surface area contributed by atoms with Crippen LogP contribution in [0.1, 0.15) is 32.8 Å². The van der Waals surface area contributed by atoms with Gasteiger partial charge in [0.25, 0.3) is 0 Å². The molecule has 1 aliphatic heterocycles. The van der Waals surface area contributed by atoms with Gasteiger partial charge in [-0.05, 0) is 43.5 Å². The third kappa shape index (κ3) is 3.59. The summed E-state index contributed by atoms with van der Waals surface area (Å²) in [5, 5.41) is 3.68. The van der Waals surface area contributed by atoms with Gasteiger partial charge in [-0.25, -0.2) is 8.42 Å². The summed E-state index contributed by atoms with van der Waals surface area (Å²) in [5.74, 6) is 0.401. The van der Waals surface area contributed by atoms with Crippen LogP contribution in [-0.4, -0.2) is 31.9 Å². The average Bonchev–Trinajstić information content (AvgIpc) is 2.77. The number of halogens is 1. The third-order valence-corrected chi connectivity index (χ3v) is 6.25. The Hall–Kier alpha value is -0.620. The largest absolute Gasteiger partial charge is 0.313 e. The zero-order chi connectivity index (χ0) is 15.6. The number of hydrogen-bond donors (Lipinski definition) is 1. The van der Waals surface area contributed by atoms with Gasteiger partial charge in [-0.15, -0.1) is 0 Å². The monoisotopic (exact) mass is 330 g/mol. The van der Waals surface area contributed by atoms with Gasteiger partial charge in [0.15, 0.2) is 0 Å². The lowest BCUT2D eigenvalue weighted by Crippen LogP contribution is -2.34. The fraction of sp³-hybridized carbons (Fsp3) is 0.600. The van der Waals surface area contributed by atoms with Crippen molar-refractivity contribution in [2.24, 2.45) is 5.92 Å². The smallest absolute Gasteiger partial charge is 0.243 e. The fourth-order valence-electron chi connectivity index (χ4n) is 2.82. The molecule has 6 heteroatoms. The second-order valence-electron chi connectivity index (χ2n) is 5.80. The summed E-state index contributed by atoms with van der Waals surface area (Å²) in [5.41, 5.74) is 0.917. The van der Waals surface area contributed by atoms with Crippen molar-refractivity contribution in [1.29, 1.82) is 0 Å². The van der Waals surface area contributed by atoms with E-state index in [-0.39, 0.29) is 10.9 Å². The molecule has 1 saturated heterocycles. The van der Waals surface area contributed by atoms with Gasteiger partial charge in [0.1, 0.15) is 0 Å². The summed E-state index contributed by atoms with van der Waals surface area (Å²) in [6.07, 6.45) is 0.908. The quantitative estimate of drug-likeness (QED) is 0.903. The average molecular weight is 331 g/mol. The molecule has 0 saturated carbocycles. The Morgan fingerprint density at radius 2 is 2.10 bits per heavy atom. The van der Waals surface area contributed by atoms with E-state index < -0.39 is 10.0 Å². The lowest BCUT2D eigenvalue weighted by atomic mass is 10.1. The molecule has 118 valence electrons. The number of sulfonamides is 1. The zero-order valence-electron chi connectivity index (χ0n) is 12.8. The Morgan fingerprint density at radius 1 is 1.38 bits per heavy atom. The first-order valence-corrected chi connectivity index (χ1v) is 9.19. The van der Waals surface area contributed by atoms with Gasteiger partial charge >= 0.3 is 0 Å². The molecule has 2 unspecified atom stereocenters. The predicted molar refractivity (Wildman–Crippen MR) is 86.0 cm³/mol. The van der Waals surface area contributed by atoms with Crippen molar-refractivity contribution in [1.82, 2.24) is 9.62 Å². The molecule has 1 aromatic rings. The van der Waals surface area contributed by atoms with Crippen LogP contribution in [0.5, 0.6) is 0 Å². The molecule has 2 rings (SSSR count). The highest BCUT2D eigenvalue weighted by Gasteiger charge is 2.36. The summed E-state index contributed by atoms with van der Waals surface area (Å²) in [6.45, 7) is 8.13. The van der Waals surface area contributed by atoms with Crippen LogP contribution in [0.2, 0.25) is 5.02 Å². The fourth-order valence-corrected chi connectivity index (χ4v) is 4.92. The van der Waals surface area contributed by atoms with E-state index in [1.165, 1.54) is 0 Å². The molecule has 21 heavy (non-hydrogen) atoms. The van der Waals surface area contributed by atoms with Gasteiger partial charge in [0.2, 0.25) is 10.0 Å². The van der Waals surface area contributed by atoms with Crippen LogP contribution in [0.15, 0.2) is 23.1 Å². The van der Waals surface area contributed by atoms with E-state index in [0.717, 1.165) is 18.5 Å². The minimum Gasteiger partial charge on any atom is -0.313 e. The van der Waals surface area contributed by atoms with Crippen molar-refractivity contribution in [3.63, 3.8) is 0 Å². The van der Waals surface area contributed by atoms with E-state index in [9.17, 15) is 8.42 Å². The zero-order valence-corrected chi connectivity index (χ0v) is 14.3. The maximum absolute atomic E-state index is 12.7. The van der Waals surface area contributed by atoms with Crippen molar-refractivity contribution in [3.8, 4) is 0 Å². The van der Waals surface area contributed by atoms with Crippen molar-refractivity contribution in [2.75, 3.05) is 13.1 Å². The van der Waals surface area contributed by atoms with E-state index in [1.807, 2.05) is 13.8 Å². The van der Waals surface area contributed by atoms with Gasteiger partial charge in [-0.2, -0.15) is 4.31 Å². The predicted octanol–water partition coefficient (Wildman–Crippen LogP) is 2.87. The molecule has 1 heterocycles. The molecule has 0 spiro atoms. The summed E-state index contributed by atoms with van der Waals surface area (Å²) in [4.78, 5) is 0.286. The van der Waals surface area contributed by atoms with Crippen LogP contribution in [0.3, 0.4) is 0 Å². The molecule has 0 radical (unpaired) electrons. The van der Waals surface area contributed by atoms with E-state index in [0.29, 0.717) is 24.0 Å². The van der Waals surface area contributed by atoms with E-state index >= 15 is 0 Å². The van der Waals surface area contributed by atoms with E-state index in [2.05, 4.69) is 12.2 Å². The molecule has 0 aromatic heterocycles. The highest BCUT2D eigenvalue weighted by Crippen LogP contribution is 2.30. The normalized spacial score (nSPS) is 23.6. The molecular weight excluding hydrogens is 308 g/mol. The minimum atomic E-state index is -3.45. The van der Waals surface area contributed by atoms with Gasteiger partial charge < -0.3 is 5.32 Å². The number of hydrogen-bond acceptors (Lipinski definition) is 3. The summed E-state index contributed by atoms with van der Waals surface area (Å²) < 4.78 is 27.0. The lowest BCUT2D eigenvalue weighted by molar-refractivity contribution is 0.405. The van der Waals surface area contributed by atoms with Crippen molar-refractivity contribution in [3.05, 3.63) is 28.8 Å². The second kappa shape index (κ2) is 6.65. The van der Waals surface area contributed by atoms with Crippen LogP contribution in [0.4, 0.5) is 0 Å². The Morgan fingerprint density at radius 3 is 2.62 bits per heavy atom. The van der Waals surface area contributed by atoms with Gasteiger partial charge in [0, 0.05) is 24.2 Å². The molecule has 1 N–H and O–H groups in total. The second-order valence-corrected chi connectivity index (χ2v) is 8.10. The summed E-state index contributed by atoms with van der Waals surface area (Å²) in [7, 11) is -3.45. The molecule has 2 atom stereocenters. The number of nitrogens with one attached hydrogen (secondary N) is 1. The molecule has 0 bridgehead atoms. The van der Waals surface area contributed by atoms with Crippen LogP contribution in [-0.2, 0) is 16.6 Å². The van der Waals surface area contributed by atoms with Crippen molar-refractivity contribution < 1.29 is 8.42 Å². The first-order chi connectivity index (χ1) is 9.86. The van der Waals surface area contributed by atoms with E-state index in [4.69, 9.17) is 11.6 Å². The van der Waals surface area contributed by atoms with Crippen LogP contribution < -0.4 is 5.32 Å². The SMILES string of the molecule is CCNCc1ccc(S(=O)(=O)N2CC(C)CC2C)cc1Cl. The maximum Gasteiger partial charge on any atom is 0.243 e. The highest BCUT2D eigenvalue weighted by atomic mass is 35.5. The summed E-state index contributed by atoms with van der Waals surface area (Å²) in [6, 6.07) is 5.07. The number of benzene rings is 1. The van der Waals surface area contributed by atoms with Crippen LogP contribution in [0.25, 0.3) is 0 Å². The molecule has 1 aromatic carbocycles. The number of nitrogens with zero attached hydrogens (tertiary/aromatic N) is 1. The maximum atomic E-state index is 12.7. The van der Waals surface area contributed by atoms with Gasteiger partial charge in [0.05, 0.1) is 4.90 Å². The number of rotatable bonds is 5. The topological polar surface area (TPSA) is 49.4 Å². The van der Waals surface area contributed by atoms with Gasteiger partial charge in [-0.1, -0.05) is 31.5 Å². The molecule has 0 amide bonds.